The molecule has 2 bridgehead atoms. The third kappa shape index (κ3) is 8.17. The van der Waals surface area contributed by atoms with E-state index in [1.807, 2.05) is 31.1 Å². The van der Waals surface area contributed by atoms with E-state index in [1.54, 1.807) is 0 Å². The number of hydrazine groups is 1. The first kappa shape index (κ1) is 40.1. The molecule has 4 aliphatic rings. The van der Waals surface area contributed by atoms with Crippen LogP contribution in [0, 0.1) is 23.7 Å². The molecular weight excluding hydrogens is 753 g/mol. The smallest absolute Gasteiger partial charge is 0.425 e. The summed E-state index contributed by atoms with van der Waals surface area (Å²) in [6.07, 6.45) is 8.36. The molecule has 0 spiro atoms. The Kier molecular flexibility index (Phi) is 11.7. The number of nitrogens with zero attached hydrogens (tertiary/aromatic N) is 4. The minimum absolute atomic E-state index is 0.0623. The fourth-order valence-electron chi connectivity index (χ4n) is 9.80. The van der Waals surface area contributed by atoms with Gasteiger partial charge in [-0.15, -0.1) is 0 Å². The maximum Gasteiger partial charge on any atom is 0.425 e. The summed E-state index contributed by atoms with van der Waals surface area (Å²) in [4.78, 5) is 70.6. The van der Waals surface area contributed by atoms with Gasteiger partial charge in [-0.3, -0.25) is 9.59 Å². The van der Waals surface area contributed by atoms with Gasteiger partial charge in [0, 0.05) is 25.7 Å². The van der Waals surface area contributed by atoms with Crippen LogP contribution in [0.2, 0.25) is 0 Å². The van der Waals surface area contributed by atoms with Gasteiger partial charge in [0.15, 0.2) is 0 Å². The fraction of sp³-hybridized carbons (Fsp3) is 0.500. The van der Waals surface area contributed by atoms with Crippen LogP contribution in [0.5, 0.6) is 0 Å². The molecule has 8 rings (SSSR count). The molecule has 2 aliphatic carbocycles. The number of benzene rings is 2. The van der Waals surface area contributed by atoms with Gasteiger partial charge in [-0.2, -0.15) is 0 Å². The van der Waals surface area contributed by atoms with Crippen molar-refractivity contribution in [2.45, 2.75) is 82.8 Å². The van der Waals surface area contributed by atoms with E-state index < -0.39 is 18.2 Å². The number of carbonyl (C=O) groups is 4. The zero-order valence-corrected chi connectivity index (χ0v) is 34.1. The van der Waals surface area contributed by atoms with Crippen LogP contribution in [0.3, 0.4) is 0 Å². The molecule has 4 N–H and O–H groups in total. The van der Waals surface area contributed by atoms with Gasteiger partial charge < -0.3 is 34.4 Å². The SMILES string of the molecule is COC(=O)N[C@H](C(=O)N1CCC[C@H]1c1ncc(-c2ccc(-c3ccc(-c4cnc(C5C6CCC(C6)C5C(=O)N(NC(=O)OC)C5CCOCC5)[nH]4)cc3)cc2)[nH]1)C(C)C. The van der Waals surface area contributed by atoms with Crippen molar-refractivity contribution in [3.63, 3.8) is 0 Å². The van der Waals surface area contributed by atoms with Gasteiger partial charge in [0.1, 0.15) is 17.7 Å². The first-order valence-electron chi connectivity index (χ1n) is 20.8. The van der Waals surface area contributed by atoms with E-state index >= 15 is 0 Å². The van der Waals surface area contributed by atoms with Crippen LogP contribution >= 0.6 is 0 Å². The number of amides is 4. The highest BCUT2D eigenvalue weighted by Crippen LogP contribution is 2.57. The highest BCUT2D eigenvalue weighted by Gasteiger charge is 2.54. The first-order valence-corrected chi connectivity index (χ1v) is 20.8. The number of fused-ring (bicyclic) bond motifs is 2. The quantitative estimate of drug-likeness (QED) is 0.129. The molecule has 4 amide bonds. The normalized spacial score (nSPS) is 23.3. The molecule has 4 heterocycles. The van der Waals surface area contributed by atoms with Crippen molar-refractivity contribution in [3.05, 3.63) is 72.6 Å². The van der Waals surface area contributed by atoms with Crippen molar-refractivity contribution >= 4 is 24.0 Å². The van der Waals surface area contributed by atoms with E-state index in [0.717, 1.165) is 77.4 Å². The molecule has 59 heavy (non-hydrogen) atoms. The zero-order valence-electron chi connectivity index (χ0n) is 34.1. The largest absolute Gasteiger partial charge is 0.453 e. The van der Waals surface area contributed by atoms with Crippen LogP contribution in [-0.2, 0) is 23.8 Å². The zero-order chi connectivity index (χ0) is 41.2. The van der Waals surface area contributed by atoms with Crippen LogP contribution < -0.4 is 10.7 Å². The lowest BCUT2D eigenvalue weighted by atomic mass is 9.78. The predicted molar refractivity (Wildman–Crippen MR) is 218 cm³/mol. The summed E-state index contributed by atoms with van der Waals surface area (Å²) in [7, 11) is 2.60. The monoisotopic (exact) mass is 806 g/mol. The number of aromatic nitrogens is 4. The molecule has 2 saturated carbocycles. The van der Waals surface area contributed by atoms with Gasteiger partial charge in [0.2, 0.25) is 11.8 Å². The average Bonchev–Trinajstić information content (AvgIpc) is 4.13. The summed E-state index contributed by atoms with van der Waals surface area (Å²) in [6.45, 7) is 5.48. The maximum atomic E-state index is 14.3. The standard InChI is InChI=1S/C44H54N8O7/c1-25(2)38(49-43(55)57-3)42(54)51-19-5-6-35(51)39-45-23-33(47-39)28-11-7-26(8-12-28)27-9-13-29(14-10-27)34-24-46-40(48-34)36-30-15-16-31(22-30)37(36)41(53)52(50-44(56)58-4)32-17-20-59-21-18-32/h7-14,23-25,30-32,35-38H,5-6,15-22H2,1-4H3,(H,45,47)(H,46,48)(H,49,55)(H,50,56)/t30?,31?,35-,36?,37?,38-/m0/s1. The van der Waals surface area contributed by atoms with Crippen LogP contribution in [0.25, 0.3) is 33.6 Å². The Balaban J connectivity index is 0.937. The summed E-state index contributed by atoms with van der Waals surface area (Å²) in [5, 5.41) is 4.23. The van der Waals surface area contributed by atoms with Crippen LogP contribution in [0.1, 0.15) is 82.4 Å². The van der Waals surface area contributed by atoms with Crippen molar-refractivity contribution in [1.29, 1.82) is 0 Å². The van der Waals surface area contributed by atoms with E-state index in [-0.39, 0.29) is 47.6 Å². The lowest BCUT2D eigenvalue weighted by Crippen LogP contribution is -2.56. The summed E-state index contributed by atoms with van der Waals surface area (Å²) >= 11 is 0. The number of H-pyrrole nitrogens is 2. The van der Waals surface area contributed by atoms with Gasteiger partial charge in [0.05, 0.1) is 56.0 Å². The summed E-state index contributed by atoms with van der Waals surface area (Å²) in [5.41, 5.74) is 8.60. The van der Waals surface area contributed by atoms with Crippen molar-refractivity contribution in [1.82, 2.24) is 40.6 Å². The Hall–Kier alpha value is -5.70. The molecule has 15 nitrogen and oxygen atoms in total. The molecule has 15 heteroatoms. The minimum Gasteiger partial charge on any atom is -0.453 e. The number of carbonyl (C=O) groups excluding carboxylic acids is 4. The fourth-order valence-corrected chi connectivity index (χ4v) is 9.80. The molecule has 312 valence electrons. The van der Waals surface area contributed by atoms with Gasteiger partial charge in [-0.25, -0.2) is 30.0 Å². The van der Waals surface area contributed by atoms with Crippen LogP contribution in [0.15, 0.2) is 60.9 Å². The van der Waals surface area contributed by atoms with E-state index in [0.29, 0.717) is 38.5 Å². The summed E-state index contributed by atoms with van der Waals surface area (Å²) < 4.78 is 15.2. The number of ether oxygens (including phenoxy) is 3. The Morgan fingerprint density at radius 2 is 1.36 bits per heavy atom. The summed E-state index contributed by atoms with van der Waals surface area (Å²) in [5.74, 6) is 1.47. The number of nitrogens with one attached hydrogen (secondary N) is 4. The molecule has 4 aromatic rings. The van der Waals surface area contributed by atoms with E-state index in [4.69, 9.17) is 19.2 Å². The number of hydrogen-bond donors (Lipinski definition) is 4. The van der Waals surface area contributed by atoms with E-state index in [9.17, 15) is 19.2 Å². The van der Waals surface area contributed by atoms with Gasteiger partial charge in [-0.05, 0) is 85.0 Å². The van der Waals surface area contributed by atoms with Crippen LogP contribution in [0.4, 0.5) is 9.59 Å². The highest BCUT2D eigenvalue weighted by atomic mass is 16.5. The number of aromatic amines is 2. The highest BCUT2D eigenvalue weighted by molar-refractivity contribution is 5.86. The maximum absolute atomic E-state index is 14.3. The topological polar surface area (TPSA) is 184 Å². The van der Waals surface area contributed by atoms with Gasteiger partial charge >= 0.3 is 12.2 Å². The lowest BCUT2D eigenvalue weighted by molar-refractivity contribution is -0.146. The predicted octanol–water partition coefficient (Wildman–Crippen LogP) is 6.59. The second-order valence-electron chi connectivity index (χ2n) is 16.6. The number of methoxy groups -OCH3 is 2. The number of rotatable bonds is 10. The van der Waals surface area contributed by atoms with Crippen molar-refractivity contribution in [3.8, 4) is 33.6 Å². The minimum atomic E-state index is -0.689. The number of imidazole rings is 2. The molecule has 2 aromatic carbocycles. The second kappa shape index (κ2) is 17.3. The van der Waals surface area contributed by atoms with Crippen molar-refractivity contribution in [2.24, 2.45) is 23.7 Å². The van der Waals surface area contributed by atoms with E-state index in [2.05, 4.69) is 74.2 Å². The van der Waals surface area contributed by atoms with Crippen LogP contribution in [-0.4, -0.2) is 99.9 Å². The Bertz CT molecular complexity index is 2130. The summed E-state index contributed by atoms with van der Waals surface area (Å²) in [6, 6.07) is 15.6. The Morgan fingerprint density at radius 3 is 1.97 bits per heavy atom. The third-order valence-corrected chi connectivity index (χ3v) is 12.9. The lowest BCUT2D eigenvalue weighted by Gasteiger charge is -2.38. The molecule has 0 radical (unpaired) electrons. The van der Waals surface area contributed by atoms with Gasteiger partial charge in [0.25, 0.3) is 0 Å². The number of hydrogen-bond acceptors (Lipinski definition) is 9. The van der Waals surface area contributed by atoms with Crippen molar-refractivity contribution in [2.75, 3.05) is 34.0 Å². The molecule has 4 unspecified atom stereocenters. The Labute approximate surface area is 344 Å². The molecule has 6 atom stereocenters. The number of likely N-dealkylation sites (tertiary alicyclic amines) is 1. The molecule has 4 fully saturated rings. The number of alkyl carbamates (subject to hydrolysis) is 1. The van der Waals surface area contributed by atoms with Crippen molar-refractivity contribution < 1.29 is 33.4 Å². The average molecular weight is 807 g/mol. The Morgan fingerprint density at radius 1 is 0.780 bits per heavy atom. The van der Waals surface area contributed by atoms with E-state index in [1.165, 1.54) is 19.2 Å². The second-order valence-corrected chi connectivity index (χ2v) is 16.6. The first-order chi connectivity index (χ1) is 28.6. The molecule has 2 aliphatic heterocycles. The third-order valence-electron chi connectivity index (χ3n) is 12.9. The molecule has 2 aromatic heterocycles. The van der Waals surface area contributed by atoms with Gasteiger partial charge in [-0.1, -0.05) is 62.4 Å². The molecule has 2 saturated heterocycles. The molecular formula is C44H54N8O7.